The Balaban J connectivity index is 1.63. The van der Waals surface area contributed by atoms with E-state index in [0.29, 0.717) is 18.1 Å². The number of carbonyl (C=O) groups excluding carboxylic acids is 1. The number of piperidine rings is 3. The number of nitrogens with zero attached hydrogens (tertiary/aromatic N) is 1. The van der Waals surface area contributed by atoms with Crippen LogP contribution in [0.2, 0.25) is 0 Å². The maximum atomic E-state index is 15.9. The van der Waals surface area contributed by atoms with Gasteiger partial charge < -0.3 is 20.1 Å². The van der Waals surface area contributed by atoms with Crippen molar-refractivity contribution in [2.45, 2.75) is 58.5 Å². The van der Waals surface area contributed by atoms with Crippen LogP contribution in [-0.2, 0) is 16.8 Å². The van der Waals surface area contributed by atoms with Crippen LogP contribution in [0.3, 0.4) is 0 Å². The highest BCUT2D eigenvalue weighted by atomic mass is 19.1. The van der Waals surface area contributed by atoms with Crippen LogP contribution >= 0.6 is 0 Å². The van der Waals surface area contributed by atoms with E-state index in [4.69, 9.17) is 15.2 Å². The molecule has 1 amide bonds. The Kier molecular flexibility index (Phi) is 6.28. The molecular formula is C29H37FN2O3. The molecule has 0 aromatic heterocycles. The van der Waals surface area contributed by atoms with Gasteiger partial charge >= 0.3 is 6.09 Å². The molecule has 2 aromatic rings. The van der Waals surface area contributed by atoms with E-state index in [9.17, 15) is 4.79 Å². The molecule has 2 aromatic carbocycles. The number of primary amides is 1. The molecule has 0 unspecified atom stereocenters. The lowest BCUT2D eigenvalue weighted by Gasteiger charge is -2.59. The Bertz CT molecular complexity index is 1110. The van der Waals surface area contributed by atoms with Gasteiger partial charge in [0.05, 0.1) is 6.61 Å². The number of rotatable bonds is 6. The fourth-order valence-corrected chi connectivity index (χ4v) is 6.92. The minimum absolute atomic E-state index is 0.0857. The minimum Gasteiger partial charge on any atom is -0.494 e. The maximum absolute atomic E-state index is 15.9. The molecule has 188 valence electrons. The lowest BCUT2D eigenvalue weighted by Crippen LogP contribution is -2.62. The second-order valence-corrected chi connectivity index (χ2v) is 11.2. The van der Waals surface area contributed by atoms with Crippen LogP contribution in [0.25, 0.3) is 11.1 Å². The zero-order chi connectivity index (χ0) is 24.8. The van der Waals surface area contributed by atoms with Crippen molar-refractivity contribution >= 4 is 6.09 Å². The fraction of sp³-hybridized carbons (Fsp3) is 0.552. The van der Waals surface area contributed by atoms with E-state index in [1.165, 1.54) is 0 Å². The molecule has 3 aliphatic heterocycles. The van der Waals surface area contributed by atoms with Gasteiger partial charge in [-0.1, -0.05) is 32.9 Å². The van der Waals surface area contributed by atoms with E-state index in [1.807, 2.05) is 30.3 Å². The first kappa shape index (κ1) is 24.1. The highest BCUT2D eigenvalue weighted by Crippen LogP contribution is 2.59. The van der Waals surface area contributed by atoms with Gasteiger partial charge in [-0.3, -0.25) is 0 Å². The predicted molar refractivity (Wildman–Crippen MR) is 135 cm³/mol. The standard InChI is InChI=1S/C29H37FN2O3/c1-4-14-34-22-7-5-6-20(15-22)23-16-21-8-11-28(2,3)29(35-27(31)33,24(21)17-26(23)30)25-18-32-12-9-19(25)10-13-32/h5-7,15-17,19,25H,4,8-14,18H2,1-3H3,(H2,31,33)/t25-,29-/m1/s1. The molecule has 3 saturated heterocycles. The molecule has 2 N–H and O–H groups in total. The summed E-state index contributed by atoms with van der Waals surface area (Å²) in [4.78, 5) is 14.8. The Morgan fingerprint density at radius 3 is 2.63 bits per heavy atom. The number of carbonyl (C=O) groups is 1. The first-order valence-corrected chi connectivity index (χ1v) is 13.0. The van der Waals surface area contributed by atoms with Crippen LogP contribution in [0.1, 0.15) is 57.6 Å². The van der Waals surface area contributed by atoms with Gasteiger partial charge in [-0.05, 0) is 86.5 Å². The van der Waals surface area contributed by atoms with E-state index < -0.39 is 11.7 Å². The Morgan fingerprint density at radius 2 is 1.97 bits per heavy atom. The van der Waals surface area contributed by atoms with Crippen molar-refractivity contribution in [3.8, 4) is 16.9 Å². The number of hydrogen-bond donors (Lipinski definition) is 1. The smallest absolute Gasteiger partial charge is 0.405 e. The van der Waals surface area contributed by atoms with Crippen molar-refractivity contribution in [2.24, 2.45) is 23.0 Å². The topological polar surface area (TPSA) is 64.8 Å². The molecule has 4 aliphatic rings. The van der Waals surface area contributed by atoms with Crippen molar-refractivity contribution in [3.05, 3.63) is 53.3 Å². The van der Waals surface area contributed by atoms with Gasteiger partial charge in [0.1, 0.15) is 17.2 Å². The highest BCUT2D eigenvalue weighted by molar-refractivity contribution is 5.69. The van der Waals surface area contributed by atoms with Crippen LogP contribution in [0, 0.1) is 23.1 Å². The number of fused-ring (bicyclic) bond motifs is 4. The second kappa shape index (κ2) is 9.12. The van der Waals surface area contributed by atoms with Crippen molar-refractivity contribution in [2.75, 3.05) is 26.2 Å². The van der Waals surface area contributed by atoms with Crippen molar-refractivity contribution in [1.29, 1.82) is 0 Å². The molecule has 6 rings (SSSR count). The van der Waals surface area contributed by atoms with E-state index in [1.54, 1.807) is 6.07 Å². The number of hydrogen-bond acceptors (Lipinski definition) is 4. The summed E-state index contributed by atoms with van der Waals surface area (Å²) in [6.45, 7) is 9.98. The normalized spacial score (nSPS) is 28.9. The zero-order valence-electron chi connectivity index (χ0n) is 21.1. The molecule has 2 bridgehead atoms. The quantitative estimate of drug-likeness (QED) is 0.560. The lowest BCUT2D eigenvalue weighted by atomic mass is 9.53. The fourth-order valence-electron chi connectivity index (χ4n) is 6.92. The number of benzene rings is 2. The number of nitrogens with two attached hydrogens (primary N) is 1. The largest absolute Gasteiger partial charge is 0.494 e. The van der Waals surface area contributed by atoms with Crippen LogP contribution in [0.4, 0.5) is 9.18 Å². The van der Waals surface area contributed by atoms with Gasteiger partial charge in [0, 0.05) is 29.0 Å². The van der Waals surface area contributed by atoms with Gasteiger partial charge in [-0.2, -0.15) is 0 Å². The lowest BCUT2D eigenvalue weighted by molar-refractivity contribution is -0.173. The maximum Gasteiger partial charge on any atom is 0.405 e. The van der Waals surface area contributed by atoms with Gasteiger partial charge in [-0.25, -0.2) is 9.18 Å². The summed E-state index contributed by atoms with van der Waals surface area (Å²) < 4.78 is 27.9. The van der Waals surface area contributed by atoms with E-state index in [2.05, 4.69) is 25.7 Å². The third-order valence-electron chi connectivity index (χ3n) is 8.68. The molecule has 3 heterocycles. The number of halogens is 1. The van der Waals surface area contributed by atoms with Crippen LogP contribution in [-0.4, -0.2) is 37.2 Å². The van der Waals surface area contributed by atoms with E-state index >= 15 is 4.39 Å². The Hall–Kier alpha value is -2.60. The van der Waals surface area contributed by atoms with E-state index in [0.717, 1.165) is 74.2 Å². The summed E-state index contributed by atoms with van der Waals surface area (Å²) >= 11 is 0. The number of aryl methyl sites for hydroxylation is 1. The first-order valence-electron chi connectivity index (χ1n) is 13.0. The number of ether oxygens (including phenoxy) is 2. The third-order valence-corrected chi connectivity index (χ3v) is 8.68. The molecular weight excluding hydrogens is 443 g/mol. The van der Waals surface area contributed by atoms with Crippen molar-refractivity contribution in [3.63, 3.8) is 0 Å². The second-order valence-electron chi connectivity index (χ2n) is 11.2. The third kappa shape index (κ3) is 4.10. The van der Waals surface area contributed by atoms with Crippen molar-refractivity contribution in [1.82, 2.24) is 4.90 Å². The molecule has 0 radical (unpaired) electrons. The molecule has 35 heavy (non-hydrogen) atoms. The molecule has 6 heteroatoms. The summed E-state index contributed by atoms with van der Waals surface area (Å²) in [5.74, 6) is 0.941. The van der Waals surface area contributed by atoms with Crippen molar-refractivity contribution < 1.29 is 18.7 Å². The zero-order valence-corrected chi connectivity index (χ0v) is 21.1. The molecule has 5 nitrogen and oxygen atoms in total. The van der Waals surface area contributed by atoms with Crippen LogP contribution in [0.5, 0.6) is 5.75 Å². The average Bonchev–Trinajstić information content (AvgIpc) is 2.85. The summed E-state index contributed by atoms with van der Waals surface area (Å²) in [5, 5.41) is 0. The molecule has 2 atom stereocenters. The Morgan fingerprint density at radius 1 is 1.20 bits per heavy atom. The van der Waals surface area contributed by atoms with Gasteiger partial charge in [0.25, 0.3) is 0 Å². The Labute approximate surface area is 207 Å². The summed E-state index contributed by atoms with van der Waals surface area (Å²) in [7, 11) is 0. The van der Waals surface area contributed by atoms with Gasteiger partial charge in [0.2, 0.25) is 0 Å². The van der Waals surface area contributed by atoms with Crippen LogP contribution < -0.4 is 10.5 Å². The monoisotopic (exact) mass is 480 g/mol. The molecule has 0 saturated carbocycles. The van der Waals surface area contributed by atoms with Gasteiger partial charge in [0.15, 0.2) is 0 Å². The predicted octanol–water partition coefficient (Wildman–Crippen LogP) is 5.89. The van der Waals surface area contributed by atoms with Crippen LogP contribution in [0.15, 0.2) is 36.4 Å². The molecule has 0 spiro atoms. The minimum atomic E-state index is -0.957. The SMILES string of the molecule is CCCOc1cccc(-c2cc3c(cc2F)[C@@](OC(N)=O)([C@@H]2CN4CCC2CC4)C(C)(C)CC3)c1. The first-order chi connectivity index (χ1) is 16.7. The summed E-state index contributed by atoms with van der Waals surface area (Å²) in [5.41, 5.74) is 7.56. The molecule has 3 fully saturated rings. The van der Waals surface area contributed by atoms with Gasteiger partial charge in [-0.15, -0.1) is 0 Å². The summed E-state index contributed by atoms with van der Waals surface area (Å²) in [6.07, 6.45) is 3.91. The summed E-state index contributed by atoms with van der Waals surface area (Å²) in [6, 6.07) is 11.2. The number of amides is 1. The van der Waals surface area contributed by atoms with E-state index in [-0.39, 0.29) is 17.2 Å². The highest BCUT2D eigenvalue weighted by Gasteiger charge is 2.61. The average molecular weight is 481 g/mol. The molecule has 1 aliphatic carbocycles.